The van der Waals surface area contributed by atoms with Crippen molar-refractivity contribution in [2.45, 2.75) is 57.5 Å². The fourth-order valence-electron chi connectivity index (χ4n) is 2.50. The molecule has 0 amide bonds. The molecule has 0 aromatic carbocycles. The van der Waals surface area contributed by atoms with Gasteiger partial charge in [-0.3, -0.25) is 0 Å². The van der Waals surface area contributed by atoms with Gasteiger partial charge in [-0.25, -0.2) is 0 Å². The van der Waals surface area contributed by atoms with Crippen molar-refractivity contribution in [1.82, 2.24) is 10.2 Å². The van der Waals surface area contributed by atoms with E-state index in [4.69, 9.17) is 0 Å². The third-order valence-electron chi connectivity index (χ3n) is 4.04. The predicted molar refractivity (Wildman–Crippen MR) is 65.1 cm³/mol. The van der Waals surface area contributed by atoms with Gasteiger partial charge in [0.1, 0.15) is 0 Å². The highest BCUT2D eigenvalue weighted by Crippen LogP contribution is 2.30. The number of hydrogen-bond donors (Lipinski definition) is 1. The standard InChI is InChI=1S/C13H26N2/c1-11(10-12-4-3-5-12)14-8-9-15(2)13-6-7-13/h11-14H,3-10H2,1-2H3. The SMILES string of the molecule is CC(CC1CCC1)NCCN(C)C1CC1. The minimum Gasteiger partial charge on any atom is -0.313 e. The summed E-state index contributed by atoms with van der Waals surface area (Å²) in [6, 6.07) is 1.64. The molecule has 1 atom stereocenters. The van der Waals surface area contributed by atoms with E-state index in [9.17, 15) is 0 Å². The summed E-state index contributed by atoms with van der Waals surface area (Å²) in [5, 5.41) is 3.65. The van der Waals surface area contributed by atoms with E-state index in [-0.39, 0.29) is 0 Å². The van der Waals surface area contributed by atoms with E-state index in [1.807, 2.05) is 0 Å². The fourth-order valence-corrected chi connectivity index (χ4v) is 2.50. The molecular weight excluding hydrogens is 184 g/mol. The second-order valence-electron chi connectivity index (χ2n) is 5.60. The van der Waals surface area contributed by atoms with Gasteiger partial charge in [0.05, 0.1) is 0 Å². The molecule has 88 valence electrons. The maximum Gasteiger partial charge on any atom is 0.0107 e. The minimum absolute atomic E-state index is 0.725. The van der Waals surface area contributed by atoms with Gasteiger partial charge in [0, 0.05) is 25.2 Å². The van der Waals surface area contributed by atoms with Crippen LogP contribution in [-0.2, 0) is 0 Å². The number of nitrogens with zero attached hydrogens (tertiary/aromatic N) is 1. The van der Waals surface area contributed by atoms with Crippen LogP contribution in [0, 0.1) is 5.92 Å². The lowest BCUT2D eigenvalue weighted by atomic mass is 9.81. The molecule has 2 heteroatoms. The second-order valence-corrected chi connectivity index (χ2v) is 5.60. The average Bonchev–Trinajstić information content (AvgIpc) is 2.94. The zero-order valence-corrected chi connectivity index (χ0v) is 10.3. The van der Waals surface area contributed by atoms with Crippen molar-refractivity contribution < 1.29 is 0 Å². The van der Waals surface area contributed by atoms with Crippen LogP contribution in [0.25, 0.3) is 0 Å². The first-order chi connectivity index (χ1) is 7.25. The Kier molecular flexibility index (Phi) is 4.04. The highest BCUT2D eigenvalue weighted by Gasteiger charge is 2.25. The molecule has 0 aromatic heterocycles. The number of likely N-dealkylation sites (N-methyl/N-ethyl adjacent to an activating group) is 1. The van der Waals surface area contributed by atoms with Crippen molar-refractivity contribution in [3.63, 3.8) is 0 Å². The number of rotatable bonds is 7. The lowest BCUT2D eigenvalue weighted by molar-refractivity contribution is 0.257. The normalized spacial score (nSPS) is 24.2. The molecule has 1 N–H and O–H groups in total. The third-order valence-corrected chi connectivity index (χ3v) is 4.04. The Morgan fingerprint density at radius 2 is 2.00 bits per heavy atom. The predicted octanol–water partition coefficient (Wildman–Crippen LogP) is 2.25. The smallest absolute Gasteiger partial charge is 0.0107 e. The molecule has 0 bridgehead atoms. The molecule has 0 saturated heterocycles. The lowest BCUT2D eigenvalue weighted by Gasteiger charge is -2.29. The zero-order chi connectivity index (χ0) is 10.7. The maximum absolute atomic E-state index is 3.65. The summed E-state index contributed by atoms with van der Waals surface area (Å²) in [4.78, 5) is 2.50. The van der Waals surface area contributed by atoms with E-state index >= 15 is 0 Å². The molecule has 0 radical (unpaired) electrons. The van der Waals surface area contributed by atoms with Crippen molar-refractivity contribution in [1.29, 1.82) is 0 Å². The Labute approximate surface area is 94.4 Å². The van der Waals surface area contributed by atoms with Gasteiger partial charge in [-0.2, -0.15) is 0 Å². The summed E-state index contributed by atoms with van der Waals surface area (Å²) in [7, 11) is 2.26. The molecule has 0 spiro atoms. The molecule has 2 saturated carbocycles. The largest absolute Gasteiger partial charge is 0.313 e. The first kappa shape index (κ1) is 11.4. The summed E-state index contributed by atoms with van der Waals surface area (Å²) < 4.78 is 0. The molecule has 2 rings (SSSR count). The Morgan fingerprint density at radius 3 is 2.53 bits per heavy atom. The second kappa shape index (κ2) is 5.31. The lowest BCUT2D eigenvalue weighted by Crippen LogP contribution is -2.36. The van der Waals surface area contributed by atoms with E-state index in [1.54, 1.807) is 0 Å². The minimum atomic E-state index is 0.725. The molecule has 0 aromatic rings. The van der Waals surface area contributed by atoms with Gasteiger partial charge in [-0.1, -0.05) is 19.3 Å². The average molecular weight is 210 g/mol. The van der Waals surface area contributed by atoms with Crippen molar-refractivity contribution in [2.75, 3.05) is 20.1 Å². The van der Waals surface area contributed by atoms with Crippen LogP contribution in [0.5, 0.6) is 0 Å². The Hall–Kier alpha value is -0.0800. The quantitative estimate of drug-likeness (QED) is 0.693. The summed E-state index contributed by atoms with van der Waals surface area (Å²) in [5.74, 6) is 1.04. The van der Waals surface area contributed by atoms with Crippen molar-refractivity contribution >= 4 is 0 Å². The van der Waals surface area contributed by atoms with Crippen LogP contribution in [0.3, 0.4) is 0 Å². The van der Waals surface area contributed by atoms with E-state index in [0.717, 1.165) is 18.0 Å². The van der Waals surface area contributed by atoms with E-state index in [0.29, 0.717) is 0 Å². The van der Waals surface area contributed by atoms with Crippen LogP contribution >= 0.6 is 0 Å². The number of nitrogens with one attached hydrogen (secondary N) is 1. The maximum atomic E-state index is 3.65. The molecule has 0 heterocycles. The third kappa shape index (κ3) is 3.76. The van der Waals surface area contributed by atoms with Crippen LogP contribution < -0.4 is 5.32 Å². The van der Waals surface area contributed by atoms with Crippen LogP contribution in [0.15, 0.2) is 0 Å². The fraction of sp³-hybridized carbons (Fsp3) is 1.00. The van der Waals surface area contributed by atoms with Crippen molar-refractivity contribution in [3.8, 4) is 0 Å². The summed E-state index contributed by atoms with van der Waals surface area (Å²) >= 11 is 0. The van der Waals surface area contributed by atoms with E-state index in [2.05, 4.69) is 24.2 Å². The highest BCUT2D eigenvalue weighted by atomic mass is 15.2. The van der Waals surface area contributed by atoms with Gasteiger partial charge >= 0.3 is 0 Å². The molecule has 0 aliphatic heterocycles. The topological polar surface area (TPSA) is 15.3 Å². The van der Waals surface area contributed by atoms with E-state index < -0.39 is 0 Å². The number of hydrogen-bond acceptors (Lipinski definition) is 2. The first-order valence-corrected chi connectivity index (χ1v) is 6.69. The zero-order valence-electron chi connectivity index (χ0n) is 10.3. The van der Waals surface area contributed by atoms with Gasteiger partial charge < -0.3 is 10.2 Å². The molecule has 2 aliphatic rings. The Balaban J connectivity index is 1.48. The monoisotopic (exact) mass is 210 g/mol. The van der Waals surface area contributed by atoms with Gasteiger partial charge in [0.25, 0.3) is 0 Å². The van der Waals surface area contributed by atoms with Crippen molar-refractivity contribution in [2.24, 2.45) is 5.92 Å². The first-order valence-electron chi connectivity index (χ1n) is 6.69. The summed E-state index contributed by atoms with van der Waals surface area (Å²) in [6.45, 7) is 4.73. The van der Waals surface area contributed by atoms with E-state index in [1.165, 1.54) is 51.6 Å². The van der Waals surface area contributed by atoms with Crippen LogP contribution in [0.4, 0.5) is 0 Å². The summed E-state index contributed by atoms with van der Waals surface area (Å²) in [5.41, 5.74) is 0. The van der Waals surface area contributed by atoms with Crippen LogP contribution in [-0.4, -0.2) is 37.1 Å². The van der Waals surface area contributed by atoms with Gasteiger partial charge in [-0.05, 0) is 39.2 Å². The highest BCUT2D eigenvalue weighted by molar-refractivity contribution is 4.83. The van der Waals surface area contributed by atoms with Crippen LogP contribution in [0.1, 0.15) is 45.4 Å². The van der Waals surface area contributed by atoms with Crippen LogP contribution in [0.2, 0.25) is 0 Å². The molecular formula is C13H26N2. The molecule has 2 fully saturated rings. The Bertz CT molecular complexity index is 185. The van der Waals surface area contributed by atoms with Gasteiger partial charge in [0.2, 0.25) is 0 Å². The molecule has 1 unspecified atom stereocenters. The summed E-state index contributed by atoms with van der Waals surface area (Å²) in [6.07, 6.45) is 8.68. The van der Waals surface area contributed by atoms with Crippen molar-refractivity contribution in [3.05, 3.63) is 0 Å². The molecule has 2 aliphatic carbocycles. The molecule has 2 nitrogen and oxygen atoms in total. The van der Waals surface area contributed by atoms with Gasteiger partial charge in [0.15, 0.2) is 0 Å². The van der Waals surface area contributed by atoms with Gasteiger partial charge in [-0.15, -0.1) is 0 Å². The molecule has 15 heavy (non-hydrogen) atoms. The Morgan fingerprint density at radius 1 is 1.27 bits per heavy atom.